The first-order valence-corrected chi connectivity index (χ1v) is 5.78. The number of ketones is 1. The SMILES string of the molecule is CC(=O)OCN(CCCC(=O)c1cccnc1)N=O. The predicted molar refractivity (Wildman–Crippen MR) is 66.9 cm³/mol. The van der Waals surface area contributed by atoms with E-state index in [1.54, 1.807) is 18.3 Å². The summed E-state index contributed by atoms with van der Waals surface area (Å²) in [7, 11) is 0. The molecule has 0 bridgehead atoms. The molecule has 0 atom stereocenters. The number of ether oxygens (including phenoxy) is 1. The van der Waals surface area contributed by atoms with Gasteiger partial charge in [0.15, 0.2) is 12.5 Å². The minimum absolute atomic E-state index is 0.0496. The average molecular weight is 265 g/mol. The van der Waals surface area contributed by atoms with Crippen LogP contribution in [0.25, 0.3) is 0 Å². The minimum atomic E-state index is -0.486. The fourth-order valence-corrected chi connectivity index (χ4v) is 1.39. The summed E-state index contributed by atoms with van der Waals surface area (Å²) in [5.41, 5.74) is 0.535. The van der Waals surface area contributed by atoms with Crippen molar-refractivity contribution in [2.75, 3.05) is 13.3 Å². The van der Waals surface area contributed by atoms with Crippen molar-refractivity contribution in [3.63, 3.8) is 0 Å². The maximum atomic E-state index is 11.7. The summed E-state index contributed by atoms with van der Waals surface area (Å²) in [5.74, 6) is -0.536. The molecular formula is C12H15N3O4. The Bertz CT molecular complexity index is 436. The lowest BCUT2D eigenvalue weighted by Crippen LogP contribution is -2.23. The highest BCUT2D eigenvalue weighted by molar-refractivity contribution is 5.95. The maximum absolute atomic E-state index is 11.7. The Balaban J connectivity index is 2.30. The highest BCUT2D eigenvalue weighted by Gasteiger charge is 2.08. The van der Waals surface area contributed by atoms with E-state index in [1.807, 2.05) is 0 Å². The molecule has 1 aromatic heterocycles. The van der Waals surface area contributed by atoms with Crippen LogP contribution in [0.3, 0.4) is 0 Å². The van der Waals surface area contributed by atoms with Crippen LogP contribution in [-0.4, -0.2) is 35.0 Å². The average Bonchev–Trinajstić information content (AvgIpc) is 2.43. The van der Waals surface area contributed by atoms with Gasteiger partial charge in [0.25, 0.3) is 0 Å². The van der Waals surface area contributed by atoms with Gasteiger partial charge in [0, 0.05) is 37.8 Å². The first kappa shape index (κ1) is 14.7. The summed E-state index contributed by atoms with van der Waals surface area (Å²) in [6, 6.07) is 3.37. The van der Waals surface area contributed by atoms with Crippen LogP contribution in [0.1, 0.15) is 30.1 Å². The number of nitrogens with zero attached hydrogens (tertiary/aromatic N) is 3. The van der Waals surface area contributed by atoms with Crippen molar-refractivity contribution in [3.8, 4) is 0 Å². The summed E-state index contributed by atoms with van der Waals surface area (Å²) in [6.07, 6.45) is 3.81. The van der Waals surface area contributed by atoms with Gasteiger partial charge in [-0.15, -0.1) is 4.91 Å². The van der Waals surface area contributed by atoms with Crippen molar-refractivity contribution in [1.82, 2.24) is 9.99 Å². The Morgan fingerprint density at radius 1 is 1.47 bits per heavy atom. The van der Waals surface area contributed by atoms with E-state index in [1.165, 1.54) is 13.1 Å². The number of esters is 1. The van der Waals surface area contributed by atoms with Crippen LogP contribution in [0.2, 0.25) is 0 Å². The third-order valence-electron chi connectivity index (χ3n) is 2.34. The number of aromatic nitrogens is 1. The van der Waals surface area contributed by atoms with E-state index in [9.17, 15) is 14.5 Å². The van der Waals surface area contributed by atoms with Crippen molar-refractivity contribution < 1.29 is 14.3 Å². The van der Waals surface area contributed by atoms with Crippen molar-refractivity contribution in [2.24, 2.45) is 5.29 Å². The van der Waals surface area contributed by atoms with Crippen molar-refractivity contribution in [1.29, 1.82) is 0 Å². The topological polar surface area (TPSA) is 88.9 Å². The van der Waals surface area contributed by atoms with Gasteiger partial charge in [-0.1, -0.05) is 0 Å². The second kappa shape index (κ2) is 7.91. The maximum Gasteiger partial charge on any atom is 0.304 e. The zero-order valence-corrected chi connectivity index (χ0v) is 10.6. The van der Waals surface area contributed by atoms with E-state index in [4.69, 9.17) is 0 Å². The molecule has 0 N–H and O–H groups in total. The van der Waals surface area contributed by atoms with Crippen LogP contribution in [0.4, 0.5) is 0 Å². The van der Waals surface area contributed by atoms with Gasteiger partial charge in [-0.2, -0.15) is 0 Å². The molecular weight excluding hydrogens is 250 g/mol. The second-order valence-corrected chi connectivity index (χ2v) is 3.85. The zero-order valence-electron chi connectivity index (χ0n) is 10.6. The molecule has 1 rings (SSSR count). The Morgan fingerprint density at radius 3 is 2.84 bits per heavy atom. The summed E-state index contributed by atoms with van der Waals surface area (Å²) in [6.45, 7) is 1.30. The van der Waals surface area contributed by atoms with E-state index in [0.717, 1.165) is 5.01 Å². The van der Waals surface area contributed by atoms with Crippen LogP contribution < -0.4 is 0 Å². The van der Waals surface area contributed by atoms with Crippen molar-refractivity contribution in [3.05, 3.63) is 35.0 Å². The summed E-state index contributed by atoms with van der Waals surface area (Å²) >= 11 is 0. The molecule has 0 fully saturated rings. The van der Waals surface area contributed by atoms with E-state index >= 15 is 0 Å². The normalized spacial score (nSPS) is 9.74. The largest absolute Gasteiger partial charge is 0.443 e. The highest BCUT2D eigenvalue weighted by atomic mass is 16.5. The predicted octanol–water partition coefficient (Wildman–Crippen LogP) is 1.55. The lowest BCUT2D eigenvalue weighted by Gasteiger charge is -2.13. The molecule has 0 aliphatic carbocycles. The second-order valence-electron chi connectivity index (χ2n) is 3.85. The molecule has 7 heteroatoms. The van der Waals surface area contributed by atoms with Crippen molar-refractivity contribution >= 4 is 11.8 Å². The van der Waals surface area contributed by atoms with Crippen LogP contribution in [0.5, 0.6) is 0 Å². The number of rotatable bonds is 8. The van der Waals surface area contributed by atoms with E-state index in [2.05, 4.69) is 15.0 Å². The molecule has 0 aromatic carbocycles. The smallest absolute Gasteiger partial charge is 0.304 e. The summed E-state index contributed by atoms with van der Waals surface area (Å²) in [5, 5.41) is 3.77. The molecule has 1 aromatic rings. The molecule has 0 aliphatic heterocycles. The number of pyridine rings is 1. The van der Waals surface area contributed by atoms with Crippen LogP contribution in [0, 0.1) is 4.91 Å². The third-order valence-corrected chi connectivity index (χ3v) is 2.34. The lowest BCUT2D eigenvalue weighted by molar-refractivity contribution is -0.145. The third kappa shape index (κ3) is 5.71. The Hall–Kier alpha value is -2.31. The molecule has 0 spiro atoms. The van der Waals surface area contributed by atoms with Gasteiger partial charge in [0.1, 0.15) is 0 Å². The number of carbonyl (C=O) groups excluding carboxylic acids is 2. The molecule has 0 amide bonds. The molecule has 0 unspecified atom stereocenters. The Labute approximate surface area is 110 Å². The summed E-state index contributed by atoms with van der Waals surface area (Å²) in [4.78, 5) is 36.6. The number of hydrogen-bond acceptors (Lipinski definition) is 6. The van der Waals surface area contributed by atoms with Gasteiger partial charge >= 0.3 is 5.97 Å². The van der Waals surface area contributed by atoms with Gasteiger partial charge in [0.05, 0.1) is 5.29 Å². The van der Waals surface area contributed by atoms with Gasteiger partial charge in [-0.25, -0.2) is 5.01 Å². The molecule has 0 radical (unpaired) electrons. The van der Waals surface area contributed by atoms with Crippen LogP contribution in [-0.2, 0) is 9.53 Å². The molecule has 102 valence electrons. The monoisotopic (exact) mass is 265 g/mol. The number of nitroso groups, excluding NO2 is 1. The van der Waals surface area contributed by atoms with E-state index in [-0.39, 0.29) is 25.5 Å². The van der Waals surface area contributed by atoms with E-state index < -0.39 is 5.97 Å². The van der Waals surface area contributed by atoms with Crippen LogP contribution in [0.15, 0.2) is 29.8 Å². The molecule has 7 nitrogen and oxygen atoms in total. The van der Waals surface area contributed by atoms with Gasteiger partial charge in [-0.05, 0) is 18.6 Å². The molecule has 0 saturated heterocycles. The summed E-state index contributed by atoms with van der Waals surface area (Å²) < 4.78 is 4.64. The first-order chi connectivity index (χ1) is 9.13. The molecule has 0 aliphatic rings. The fourth-order valence-electron chi connectivity index (χ4n) is 1.39. The van der Waals surface area contributed by atoms with Crippen molar-refractivity contribution in [2.45, 2.75) is 19.8 Å². The number of carbonyl (C=O) groups is 2. The number of hydrogen-bond donors (Lipinski definition) is 0. The quantitative estimate of drug-likeness (QED) is 0.233. The zero-order chi connectivity index (χ0) is 14.1. The first-order valence-electron chi connectivity index (χ1n) is 5.78. The number of Topliss-reactive ketones (excluding diaryl/α,β-unsaturated/α-hetero) is 1. The van der Waals surface area contributed by atoms with Gasteiger partial charge in [0.2, 0.25) is 0 Å². The van der Waals surface area contributed by atoms with Gasteiger partial charge < -0.3 is 4.74 Å². The lowest BCUT2D eigenvalue weighted by atomic mass is 10.1. The standard InChI is InChI=1S/C12H15N3O4/c1-10(16)19-9-15(14-18)7-3-5-12(17)11-4-2-6-13-8-11/h2,4,6,8H,3,5,7,9H2,1H3. The molecule has 0 saturated carbocycles. The van der Waals surface area contributed by atoms with E-state index in [0.29, 0.717) is 12.0 Å². The highest BCUT2D eigenvalue weighted by Crippen LogP contribution is 2.05. The Morgan fingerprint density at radius 2 is 2.26 bits per heavy atom. The fraction of sp³-hybridized carbons (Fsp3) is 0.417. The molecule has 1 heterocycles. The van der Waals surface area contributed by atoms with Crippen LogP contribution >= 0.6 is 0 Å². The molecule has 19 heavy (non-hydrogen) atoms. The minimum Gasteiger partial charge on any atom is -0.443 e. The van der Waals surface area contributed by atoms with Gasteiger partial charge in [-0.3, -0.25) is 14.6 Å². The Kier molecular flexibility index (Phi) is 6.14.